The van der Waals surface area contributed by atoms with E-state index in [0.29, 0.717) is 0 Å². The van der Waals surface area contributed by atoms with Crippen molar-refractivity contribution in [1.82, 2.24) is 4.98 Å². The molecule has 0 aromatic carbocycles. The highest BCUT2D eigenvalue weighted by atomic mass is 35.5. The fourth-order valence-electron chi connectivity index (χ4n) is 1.02. The number of carbonyl (C=O) groups is 1. The Hall–Kier alpha value is -1.23. The first kappa shape index (κ1) is 10.8. The van der Waals surface area contributed by atoms with Gasteiger partial charge in [-0.05, 0) is 18.5 Å². The Balaban J connectivity index is 3.33. The van der Waals surface area contributed by atoms with Gasteiger partial charge in [-0.15, -0.1) is 0 Å². The molecule has 1 heterocycles. The van der Waals surface area contributed by atoms with E-state index >= 15 is 0 Å². The first-order chi connectivity index (χ1) is 6.45. The molecule has 0 fully saturated rings. The van der Waals surface area contributed by atoms with Crippen molar-refractivity contribution in [3.05, 3.63) is 23.0 Å². The molecule has 1 aromatic rings. The number of nitrogens with zero attached hydrogens (tertiary/aromatic N) is 1. The lowest BCUT2D eigenvalue weighted by molar-refractivity contribution is 0.108. The average molecular weight is 221 g/mol. The highest BCUT2D eigenvalue weighted by Crippen LogP contribution is 2.26. The summed E-state index contributed by atoms with van der Waals surface area (Å²) in [6, 6.07) is 0. The van der Waals surface area contributed by atoms with E-state index in [4.69, 9.17) is 17.3 Å². The standard InChI is InChI=1S/C8H7ClF2N2O/c1-3-5(12)4(7(9)14)2-13-6(3)8(10)11/h2,8H,1H3,(H2,12,13). The second-order valence-electron chi connectivity index (χ2n) is 2.67. The first-order valence-electron chi connectivity index (χ1n) is 3.68. The maximum absolute atomic E-state index is 12.3. The van der Waals surface area contributed by atoms with Crippen LogP contribution in [0.5, 0.6) is 0 Å². The molecule has 0 spiro atoms. The molecule has 0 aliphatic heterocycles. The largest absolute Gasteiger partial charge is 0.398 e. The molecule has 0 amide bonds. The van der Waals surface area contributed by atoms with Gasteiger partial charge in [0, 0.05) is 11.8 Å². The highest BCUT2D eigenvalue weighted by molar-refractivity contribution is 6.68. The fraction of sp³-hybridized carbons (Fsp3) is 0.250. The van der Waals surface area contributed by atoms with Crippen molar-refractivity contribution in [2.24, 2.45) is 0 Å². The van der Waals surface area contributed by atoms with Gasteiger partial charge in [0.1, 0.15) is 5.69 Å². The number of aromatic nitrogens is 1. The summed E-state index contributed by atoms with van der Waals surface area (Å²) in [5, 5.41) is -0.807. The summed E-state index contributed by atoms with van der Waals surface area (Å²) < 4.78 is 24.6. The number of alkyl halides is 2. The van der Waals surface area contributed by atoms with E-state index in [2.05, 4.69) is 4.98 Å². The Bertz CT molecular complexity index is 382. The molecule has 1 aromatic heterocycles. The summed E-state index contributed by atoms with van der Waals surface area (Å²) >= 11 is 5.17. The Labute approximate surface area is 83.9 Å². The molecule has 0 unspecified atom stereocenters. The van der Waals surface area contributed by atoms with Crippen LogP contribution >= 0.6 is 11.6 Å². The first-order valence-corrected chi connectivity index (χ1v) is 4.06. The maximum atomic E-state index is 12.3. The Morgan fingerprint density at radius 1 is 1.64 bits per heavy atom. The zero-order chi connectivity index (χ0) is 10.9. The van der Waals surface area contributed by atoms with E-state index in [0.717, 1.165) is 6.20 Å². The minimum atomic E-state index is -2.71. The molecule has 0 radical (unpaired) electrons. The molecule has 0 aliphatic rings. The number of hydrogen-bond acceptors (Lipinski definition) is 3. The van der Waals surface area contributed by atoms with Gasteiger partial charge in [0.05, 0.1) is 11.3 Å². The Morgan fingerprint density at radius 3 is 2.64 bits per heavy atom. The summed E-state index contributed by atoms with van der Waals surface area (Å²) in [7, 11) is 0. The lowest BCUT2D eigenvalue weighted by atomic mass is 10.1. The molecule has 0 saturated heterocycles. The molecule has 3 nitrogen and oxygen atoms in total. The second kappa shape index (κ2) is 3.88. The van der Waals surface area contributed by atoms with Gasteiger partial charge in [-0.2, -0.15) is 0 Å². The van der Waals surface area contributed by atoms with E-state index in [1.807, 2.05) is 0 Å². The Morgan fingerprint density at radius 2 is 2.21 bits per heavy atom. The average Bonchev–Trinajstić information content (AvgIpc) is 2.08. The zero-order valence-corrected chi connectivity index (χ0v) is 7.98. The molecule has 1 rings (SSSR count). The monoisotopic (exact) mass is 220 g/mol. The zero-order valence-electron chi connectivity index (χ0n) is 7.22. The van der Waals surface area contributed by atoms with Gasteiger partial charge < -0.3 is 5.73 Å². The normalized spacial score (nSPS) is 10.6. The van der Waals surface area contributed by atoms with Gasteiger partial charge in [0.15, 0.2) is 0 Å². The minimum absolute atomic E-state index is 0.0460. The van der Waals surface area contributed by atoms with Crippen molar-refractivity contribution in [3.63, 3.8) is 0 Å². The van der Waals surface area contributed by atoms with E-state index in [1.165, 1.54) is 6.92 Å². The number of nitrogens with two attached hydrogens (primary N) is 1. The van der Waals surface area contributed by atoms with Crippen molar-refractivity contribution in [3.8, 4) is 0 Å². The third-order valence-corrected chi connectivity index (χ3v) is 2.03. The molecule has 6 heteroatoms. The van der Waals surface area contributed by atoms with Gasteiger partial charge in [-0.25, -0.2) is 8.78 Å². The van der Waals surface area contributed by atoms with Crippen LogP contribution in [0, 0.1) is 6.92 Å². The Kier molecular flexibility index (Phi) is 3.00. The van der Waals surface area contributed by atoms with Gasteiger partial charge in [0.25, 0.3) is 11.7 Å². The summed E-state index contributed by atoms with van der Waals surface area (Å²) in [6.07, 6.45) is -1.75. The van der Waals surface area contributed by atoms with Gasteiger partial charge in [-0.1, -0.05) is 0 Å². The second-order valence-corrected chi connectivity index (χ2v) is 3.01. The van der Waals surface area contributed by atoms with Crippen LogP contribution in [0.2, 0.25) is 0 Å². The van der Waals surface area contributed by atoms with Crippen LogP contribution in [0.3, 0.4) is 0 Å². The SMILES string of the molecule is Cc1c(C(F)F)ncc(C(=O)Cl)c1N. The number of halogens is 3. The van der Waals surface area contributed by atoms with Crippen LogP contribution in [-0.4, -0.2) is 10.2 Å². The lowest BCUT2D eigenvalue weighted by Gasteiger charge is -2.08. The third-order valence-electron chi connectivity index (χ3n) is 1.83. The molecule has 0 atom stereocenters. The number of nitrogen functional groups attached to an aromatic ring is 1. The van der Waals surface area contributed by atoms with Crippen LogP contribution in [-0.2, 0) is 0 Å². The van der Waals surface area contributed by atoms with Crippen molar-refractivity contribution in [1.29, 1.82) is 0 Å². The molecule has 0 aliphatic carbocycles. The smallest absolute Gasteiger partial charge is 0.280 e. The quantitative estimate of drug-likeness (QED) is 0.778. The highest BCUT2D eigenvalue weighted by Gasteiger charge is 2.18. The lowest BCUT2D eigenvalue weighted by Crippen LogP contribution is -2.06. The summed E-state index contributed by atoms with van der Waals surface area (Å²) in [5.74, 6) is 0. The molecular formula is C8H7ClF2N2O. The summed E-state index contributed by atoms with van der Waals surface area (Å²) in [4.78, 5) is 14.2. The maximum Gasteiger partial charge on any atom is 0.280 e. The topological polar surface area (TPSA) is 56.0 Å². The fourth-order valence-corrected chi connectivity index (χ4v) is 1.17. The number of anilines is 1. The molecule has 2 N–H and O–H groups in total. The molecule has 0 saturated carbocycles. The number of carbonyl (C=O) groups excluding carboxylic acids is 1. The predicted octanol–water partition coefficient (Wildman–Crippen LogP) is 2.29. The number of hydrogen-bond donors (Lipinski definition) is 1. The number of rotatable bonds is 2. The van der Waals surface area contributed by atoms with Crippen LogP contribution in [0.1, 0.15) is 28.0 Å². The van der Waals surface area contributed by atoms with Crippen LogP contribution in [0.25, 0.3) is 0 Å². The summed E-state index contributed by atoms with van der Waals surface area (Å²) in [5.41, 5.74) is 5.01. The van der Waals surface area contributed by atoms with Crippen LogP contribution in [0.4, 0.5) is 14.5 Å². The molecular weight excluding hydrogens is 214 g/mol. The summed E-state index contributed by atoms with van der Waals surface area (Å²) in [6.45, 7) is 1.37. The molecule has 0 bridgehead atoms. The molecule has 76 valence electrons. The van der Waals surface area contributed by atoms with Crippen molar-refractivity contribution < 1.29 is 13.6 Å². The third kappa shape index (κ3) is 1.82. The number of pyridine rings is 1. The minimum Gasteiger partial charge on any atom is -0.398 e. The van der Waals surface area contributed by atoms with Crippen molar-refractivity contribution >= 4 is 22.5 Å². The van der Waals surface area contributed by atoms with Crippen molar-refractivity contribution in [2.75, 3.05) is 5.73 Å². The van der Waals surface area contributed by atoms with Gasteiger partial charge in [-0.3, -0.25) is 9.78 Å². The van der Waals surface area contributed by atoms with Crippen LogP contribution < -0.4 is 5.73 Å². The van der Waals surface area contributed by atoms with E-state index in [9.17, 15) is 13.6 Å². The predicted molar refractivity (Wildman–Crippen MR) is 48.5 cm³/mol. The van der Waals surface area contributed by atoms with E-state index < -0.39 is 17.4 Å². The van der Waals surface area contributed by atoms with Gasteiger partial charge in [0.2, 0.25) is 0 Å². The van der Waals surface area contributed by atoms with Crippen molar-refractivity contribution in [2.45, 2.75) is 13.3 Å². The van der Waals surface area contributed by atoms with E-state index in [1.54, 1.807) is 0 Å². The molecule has 14 heavy (non-hydrogen) atoms. The van der Waals surface area contributed by atoms with Crippen LogP contribution in [0.15, 0.2) is 6.20 Å². The van der Waals surface area contributed by atoms with Gasteiger partial charge >= 0.3 is 0 Å². The van der Waals surface area contributed by atoms with E-state index in [-0.39, 0.29) is 16.8 Å².